The number of aryl methyl sites for hydroxylation is 1. The van der Waals surface area contributed by atoms with Crippen LogP contribution in [0.15, 0.2) is 85.7 Å². The van der Waals surface area contributed by atoms with Crippen molar-refractivity contribution in [1.82, 2.24) is 25.1 Å². The van der Waals surface area contributed by atoms with Crippen LogP contribution in [0.5, 0.6) is 5.75 Å². The standard InChI is InChI=1S/C44H53F3N6O7.C4H8/c1-4-30(31-12-14-33-36-29-51-17-16-37(36)52(3)39(33)27-31)9-8-22-58-25-26-59-24-19-50-18-23-57-21-6-5-11-40(44(45,46)47)60-32-13-15-34-35(28-32)43(56)53(41(34)48)38(10-7-20-54)42(55)49-2;1-3-4-2/h4,8-9,12-17,20,27-29,38,40,48,50H,5-7,10-11,18-19,21-26H2,1-3H3,(H,49,55);3H,1,4H2,2H3/b9-8-,30-4+,48-41?;. The highest BCUT2D eigenvalue weighted by atomic mass is 19.4. The third-order valence-electron chi connectivity index (χ3n) is 10.5. The summed E-state index contributed by atoms with van der Waals surface area (Å²) in [6, 6.07) is 11.1. The second-order valence-corrected chi connectivity index (χ2v) is 14.8. The summed E-state index contributed by atoms with van der Waals surface area (Å²) >= 11 is 0. The highest BCUT2D eigenvalue weighted by Gasteiger charge is 2.43. The molecule has 0 aliphatic carbocycles. The summed E-state index contributed by atoms with van der Waals surface area (Å²) in [5, 5.41) is 16.4. The van der Waals surface area contributed by atoms with Gasteiger partial charge in [0.15, 0.2) is 6.10 Å². The zero-order valence-corrected chi connectivity index (χ0v) is 37.2. The van der Waals surface area contributed by atoms with E-state index in [4.69, 9.17) is 24.4 Å². The van der Waals surface area contributed by atoms with Crippen LogP contribution in [-0.4, -0.2) is 116 Å². The number of pyridine rings is 1. The molecule has 2 aromatic heterocycles. The van der Waals surface area contributed by atoms with Crippen molar-refractivity contribution in [3.05, 3.63) is 102 Å². The number of aldehydes is 1. The molecule has 16 heteroatoms. The minimum absolute atomic E-state index is 0.0131. The van der Waals surface area contributed by atoms with E-state index in [0.29, 0.717) is 58.8 Å². The Balaban J connectivity index is 0.00000215. The van der Waals surface area contributed by atoms with E-state index >= 15 is 0 Å². The fraction of sp³-hybridized carbons (Fsp3) is 0.438. The van der Waals surface area contributed by atoms with Crippen molar-refractivity contribution < 1.29 is 46.5 Å². The monoisotopic (exact) mass is 890 g/mol. The molecule has 2 atom stereocenters. The summed E-state index contributed by atoms with van der Waals surface area (Å²) in [6.07, 6.45) is 6.84. The number of ether oxygens (including phenoxy) is 4. The molecule has 2 unspecified atom stereocenters. The van der Waals surface area contributed by atoms with Crippen LogP contribution >= 0.6 is 0 Å². The van der Waals surface area contributed by atoms with E-state index in [9.17, 15) is 27.6 Å². The van der Waals surface area contributed by atoms with Gasteiger partial charge in [-0.2, -0.15) is 13.2 Å². The van der Waals surface area contributed by atoms with Gasteiger partial charge in [-0.15, -0.1) is 6.58 Å². The number of nitrogens with zero attached hydrogens (tertiary/aromatic N) is 3. The third-order valence-corrected chi connectivity index (χ3v) is 10.5. The van der Waals surface area contributed by atoms with Gasteiger partial charge in [0.2, 0.25) is 5.91 Å². The predicted molar refractivity (Wildman–Crippen MR) is 244 cm³/mol. The first-order valence-electron chi connectivity index (χ1n) is 21.6. The average molecular weight is 891 g/mol. The van der Waals surface area contributed by atoms with E-state index in [1.54, 1.807) is 0 Å². The number of carbonyl (C=O) groups is 3. The third kappa shape index (κ3) is 14.2. The van der Waals surface area contributed by atoms with Gasteiger partial charge in [0, 0.05) is 74.5 Å². The van der Waals surface area contributed by atoms with Crippen molar-refractivity contribution in [3.8, 4) is 5.75 Å². The van der Waals surface area contributed by atoms with E-state index in [1.165, 1.54) is 24.6 Å². The average Bonchev–Trinajstić information content (AvgIpc) is 3.72. The molecule has 2 amide bonds. The molecular weight excluding hydrogens is 830 g/mol. The fourth-order valence-electron chi connectivity index (χ4n) is 7.05. The van der Waals surface area contributed by atoms with E-state index in [1.807, 2.05) is 37.5 Å². The molecule has 0 saturated heterocycles. The number of likely N-dealkylation sites (N-methyl/N-ethyl adjacent to an activating group) is 1. The first-order valence-corrected chi connectivity index (χ1v) is 21.6. The Hall–Kier alpha value is -5.68. The summed E-state index contributed by atoms with van der Waals surface area (Å²) in [4.78, 5) is 41.8. The molecule has 64 heavy (non-hydrogen) atoms. The van der Waals surface area contributed by atoms with E-state index in [2.05, 4.69) is 71.1 Å². The lowest BCUT2D eigenvalue weighted by molar-refractivity contribution is -0.197. The maximum absolute atomic E-state index is 13.9. The first kappa shape index (κ1) is 51.0. The van der Waals surface area contributed by atoms with Crippen LogP contribution in [0.4, 0.5) is 13.2 Å². The van der Waals surface area contributed by atoms with Crippen LogP contribution in [0, 0.1) is 5.41 Å². The molecule has 13 nitrogen and oxygen atoms in total. The van der Waals surface area contributed by atoms with Crippen molar-refractivity contribution in [3.63, 3.8) is 0 Å². The molecule has 0 bridgehead atoms. The number of hydrogen-bond acceptors (Lipinski definition) is 10. The van der Waals surface area contributed by atoms with Crippen molar-refractivity contribution >= 4 is 51.3 Å². The Morgan fingerprint density at radius 1 is 0.953 bits per heavy atom. The first-order chi connectivity index (χ1) is 30.9. The molecule has 0 saturated carbocycles. The zero-order chi connectivity index (χ0) is 46.5. The van der Waals surface area contributed by atoms with Gasteiger partial charge in [-0.3, -0.25) is 24.9 Å². The van der Waals surface area contributed by atoms with Crippen molar-refractivity contribution in [2.24, 2.45) is 7.05 Å². The largest absolute Gasteiger partial charge is 0.481 e. The molecule has 2 aromatic carbocycles. The molecule has 1 aliphatic rings. The predicted octanol–water partition coefficient (Wildman–Crippen LogP) is 7.96. The van der Waals surface area contributed by atoms with E-state index in [-0.39, 0.29) is 55.0 Å². The van der Waals surface area contributed by atoms with Gasteiger partial charge in [0.05, 0.1) is 44.1 Å². The maximum Gasteiger partial charge on any atom is 0.425 e. The Labute approximate surface area is 373 Å². The number of rotatable bonds is 26. The molecule has 0 radical (unpaired) electrons. The number of hydrogen-bond donors (Lipinski definition) is 3. The number of carbonyl (C=O) groups excluding carboxylic acids is 3. The van der Waals surface area contributed by atoms with Gasteiger partial charge in [0.25, 0.3) is 5.91 Å². The summed E-state index contributed by atoms with van der Waals surface area (Å²) in [6.45, 7) is 11.3. The topological polar surface area (TPSA) is 157 Å². The van der Waals surface area contributed by atoms with Gasteiger partial charge >= 0.3 is 6.18 Å². The Kier molecular flexibility index (Phi) is 20.9. The number of allylic oxidation sites excluding steroid dienone is 4. The second-order valence-electron chi connectivity index (χ2n) is 14.8. The molecule has 1 aliphatic heterocycles. The van der Waals surface area contributed by atoms with Crippen molar-refractivity contribution in [1.29, 1.82) is 5.41 Å². The number of aromatic nitrogens is 2. The van der Waals surface area contributed by atoms with Crippen molar-refractivity contribution in [2.45, 2.75) is 70.7 Å². The fourth-order valence-corrected chi connectivity index (χ4v) is 7.05. The van der Waals surface area contributed by atoms with Crippen molar-refractivity contribution in [2.75, 3.05) is 59.8 Å². The summed E-state index contributed by atoms with van der Waals surface area (Å²) in [7, 11) is 3.43. The molecule has 346 valence electrons. The molecule has 0 fully saturated rings. The number of alkyl halides is 3. The Morgan fingerprint density at radius 3 is 2.38 bits per heavy atom. The minimum Gasteiger partial charge on any atom is -0.481 e. The quantitative estimate of drug-likeness (QED) is 0.0246. The van der Waals surface area contributed by atoms with Gasteiger partial charge in [-0.05, 0) is 80.5 Å². The number of amidine groups is 1. The van der Waals surface area contributed by atoms with Gasteiger partial charge in [0.1, 0.15) is 23.9 Å². The Morgan fingerprint density at radius 2 is 1.69 bits per heavy atom. The second kappa shape index (κ2) is 26.2. The SMILES string of the molecule is C/C=C(\C=C/COCCOCCNCCOCCCCC(Oc1ccc2c(c1)C(=O)N(C(CCC=O)C(=O)NC)C2=N)C(F)(F)F)c1ccc2c3cnccc3n(C)c2c1.C=CCC. The highest BCUT2D eigenvalue weighted by molar-refractivity contribution is 6.24. The van der Waals surface area contributed by atoms with Gasteiger partial charge in [-0.25, -0.2) is 0 Å². The number of nitrogens with one attached hydrogen (secondary N) is 3. The lowest BCUT2D eigenvalue weighted by Gasteiger charge is -2.25. The molecule has 4 aromatic rings. The smallest absolute Gasteiger partial charge is 0.425 e. The zero-order valence-electron chi connectivity index (χ0n) is 37.2. The molecule has 3 heterocycles. The summed E-state index contributed by atoms with van der Waals surface area (Å²) < 4.78 is 66.2. The van der Waals surface area contributed by atoms with Crippen LogP contribution in [-0.2, 0) is 30.8 Å². The lowest BCUT2D eigenvalue weighted by atomic mass is 10.0. The van der Waals surface area contributed by atoms with Crippen LogP contribution in [0.3, 0.4) is 0 Å². The van der Waals surface area contributed by atoms with Crippen LogP contribution in [0.1, 0.15) is 73.9 Å². The molecule has 5 rings (SSSR count). The molecular formula is C48H61F3N6O7. The van der Waals surface area contributed by atoms with Gasteiger partial charge in [-0.1, -0.05) is 43.4 Å². The number of fused-ring (bicyclic) bond motifs is 4. The molecule has 0 spiro atoms. The number of amides is 2. The normalized spacial score (nSPS) is 13.9. The summed E-state index contributed by atoms with van der Waals surface area (Å²) in [5.74, 6) is -1.75. The number of unbranched alkanes of at least 4 members (excludes halogenated alkanes) is 1. The highest BCUT2D eigenvalue weighted by Crippen LogP contribution is 2.34. The maximum atomic E-state index is 13.9. The minimum atomic E-state index is -4.67. The van der Waals surface area contributed by atoms with E-state index < -0.39 is 30.1 Å². The molecule has 3 N–H and O–H groups in total. The number of halogens is 3. The lowest BCUT2D eigenvalue weighted by Crippen LogP contribution is -2.48. The van der Waals surface area contributed by atoms with Crippen LogP contribution in [0.25, 0.3) is 27.4 Å². The Bertz CT molecular complexity index is 2240. The van der Waals surface area contributed by atoms with Crippen LogP contribution in [0.2, 0.25) is 0 Å². The van der Waals surface area contributed by atoms with Crippen LogP contribution < -0.4 is 15.4 Å². The summed E-state index contributed by atoms with van der Waals surface area (Å²) in [5.41, 5.74) is 4.63. The van der Waals surface area contributed by atoms with Gasteiger partial charge < -0.3 is 38.9 Å². The van der Waals surface area contributed by atoms with E-state index in [0.717, 1.165) is 44.9 Å². The number of benzene rings is 2.